The van der Waals surface area contributed by atoms with Crippen molar-refractivity contribution in [2.75, 3.05) is 0 Å². The molecule has 2 heteroatoms. The first-order chi connectivity index (χ1) is 11.2. The van der Waals surface area contributed by atoms with E-state index in [9.17, 15) is 0 Å². The Balaban J connectivity index is 3.23. The molecule has 0 amide bonds. The van der Waals surface area contributed by atoms with Crippen molar-refractivity contribution < 1.29 is 4.43 Å². The Morgan fingerprint density at radius 3 is 1.79 bits per heavy atom. The second-order valence-corrected chi connectivity index (χ2v) is 13.3. The van der Waals surface area contributed by atoms with Gasteiger partial charge in [0, 0.05) is 6.42 Å². The molecule has 0 fully saturated rings. The van der Waals surface area contributed by atoms with Crippen LogP contribution in [0.15, 0.2) is 53.8 Å². The average Bonchev–Trinajstić information content (AvgIpc) is 2.49. The monoisotopic (exact) mass is 344 g/mol. The number of rotatable bonds is 8. The van der Waals surface area contributed by atoms with Gasteiger partial charge in [0.15, 0.2) is 0 Å². The number of benzene rings is 1. The zero-order valence-corrected chi connectivity index (χ0v) is 17.9. The lowest BCUT2D eigenvalue weighted by Crippen LogP contribution is -2.47. The van der Waals surface area contributed by atoms with Gasteiger partial charge in [0.1, 0.15) is 0 Å². The summed E-state index contributed by atoms with van der Waals surface area (Å²) >= 11 is 0. The van der Waals surface area contributed by atoms with E-state index in [0.717, 1.165) is 12.2 Å². The Morgan fingerprint density at radius 1 is 0.875 bits per heavy atom. The Morgan fingerprint density at radius 2 is 1.38 bits per heavy atom. The summed E-state index contributed by atoms with van der Waals surface area (Å²) in [7, 11) is -1.91. The maximum atomic E-state index is 6.93. The van der Waals surface area contributed by atoms with Gasteiger partial charge in [0.05, 0.1) is 5.76 Å². The topological polar surface area (TPSA) is 9.23 Å². The fourth-order valence-electron chi connectivity index (χ4n) is 3.77. The summed E-state index contributed by atoms with van der Waals surface area (Å²) < 4.78 is 6.93. The Kier molecular flexibility index (Phi) is 8.01. The van der Waals surface area contributed by atoms with Gasteiger partial charge in [-0.2, -0.15) is 0 Å². The van der Waals surface area contributed by atoms with Crippen LogP contribution in [0.2, 0.25) is 16.6 Å². The maximum absolute atomic E-state index is 6.93. The molecule has 0 aliphatic carbocycles. The van der Waals surface area contributed by atoms with E-state index in [1.807, 2.05) is 0 Å². The molecule has 1 aromatic rings. The van der Waals surface area contributed by atoms with Crippen LogP contribution in [0, 0.1) is 0 Å². The van der Waals surface area contributed by atoms with E-state index in [4.69, 9.17) is 4.43 Å². The highest BCUT2D eigenvalue weighted by Crippen LogP contribution is 2.43. The predicted octanol–water partition coefficient (Wildman–Crippen LogP) is 7.27. The third kappa shape index (κ3) is 5.37. The molecule has 0 saturated heterocycles. The first-order valence-electron chi connectivity index (χ1n) is 9.27. The second kappa shape index (κ2) is 9.27. The molecule has 0 N–H and O–H groups in total. The van der Waals surface area contributed by atoms with Gasteiger partial charge in [-0.3, -0.25) is 0 Å². The van der Waals surface area contributed by atoms with Crippen LogP contribution < -0.4 is 0 Å². The molecule has 0 aliphatic rings. The maximum Gasteiger partial charge on any atom is 0.258 e. The van der Waals surface area contributed by atoms with E-state index in [1.165, 1.54) is 11.1 Å². The predicted molar refractivity (Wildman–Crippen MR) is 110 cm³/mol. The van der Waals surface area contributed by atoms with E-state index in [-0.39, 0.29) is 0 Å². The normalized spacial score (nSPS) is 12.9. The molecule has 134 valence electrons. The van der Waals surface area contributed by atoms with Gasteiger partial charge in [-0.25, -0.2) is 0 Å². The van der Waals surface area contributed by atoms with Crippen molar-refractivity contribution in [3.05, 3.63) is 59.4 Å². The van der Waals surface area contributed by atoms with Crippen molar-refractivity contribution in [3.8, 4) is 0 Å². The van der Waals surface area contributed by atoms with E-state index in [2.05, 4.69) is 97.9 Å². The highest BCUT2D eigenvalue weighted by Gasteiger charge is 2.47. The van der Waals surface area contributed by atoms with Crippen molar-refractivity contribution in [1.82, 2.24) is 0 Å². The van der Waals surface area contributed by atoms with Crippen molar-refractivity contribution >= 4 is 8.32 Å². The standard InChI is InChI=1S/C22H36OSi/c1-17(2)14-15-22(16-21-12-10-9-11-13-21)23-24(18(3)4,19(5)6)20(7)8/h9-15,18-20H,16H2,1-8H3/b22-15-. The number of hydrogen-bond donors (Lipinski definition) is 0. The molecule has 1 nitrogen and oxygen atoms in total. The van der Waals surface area contributed by atoms with E-state index in [0.29, 0.717) is 16.6 Å². The zero-order chi connectivity index (χ0) is 18.3. The Bertz CT molecular complexity index is 527. The molecular formula is C22H36OSi. The van der Waals surface area contributed by atoms with Crippen LogP contribution >= 0.6 is 0 Å². The lowest BCUT2D eigenvalue weighted by Gasteiger charge is -2.43. The van der Waals surface area contributed by atoms with Crippen LogP contribution in [-0.2, 0) is 10.8 Å². The summed E-state index contributed by atoms with van der Waals surface area (Å²) in [5.41, 5.74) is 4.37. The van der Waals surface area contributed by atoms with Gasteiger partial charge in [0.25, 0.3) is 8.32 Å². The van der Waals surface area contributed by atoms with Crippen LogP contribution in [0.1, 0.15) is 61.0 Å². The van der Waals surface area contributed by atoms with E-state index >= 15 is 0 Å². The summed E-state index contributed by atoms with van der Waals surface area (Å²) in [5.74, 6) is 1.12. The summed E-state index contributed by atoms with van der Waals surface area (Å²) in [6.07, 6.45) is 5.24. The van der Waals surface area contributed by atoms with Gasteiger partial charge < -0.3 is 4.43 Å². The summed E-state index contributed by atoms with van der Waals surface area (Å²) in [4.78, 5) is 0. The molecule has 0 spiro atoms. The van der Waals surface area contributed by atoms with Crippen molar-refractivity contribution in [3.63, 3.8) is 0 Å². The molecule has 0 heterocycles. The quantitative estimate of drug-likeness (QED) is 0.274. The summed E-state index contributed by atoms with van der Waals surface area (Å²) in [6.45, 7) is 18.3. The van der Waals surface area contributed by atoms with Gasteiger partial charge in [-0.15, -0.1) is 0 Å². The van der Waals surface area contributed by atoms with Gasteiger partial charge in [-0.1, -0.05) is 83.5 Å². The average molecular weight is 345 g/mol. The van der Waals surface area contributed by atoms with Crippen LogP contribution in [0.3, 0.4) is 0 Å². The smallest absolute Gasteiger partial charge is 0.258 e. The van der Waals surface area contributed by atoms with Crippen LogP contribution in [0.4, 0.5) is 0 Å². The van der Waals surface area contributed by atoms with Crippen LogP contribution in [-0.4, -0.2) is 8.32 Å². The fraction of sp³-hybridized carbons (Fsp3) is 0.545. The number of allylic oxidation sites excluding steroid dienone is 4. The molecule has 0 bridgehead atoms. The molecule has 0 radical (unpaired) electrons. The van der Waals surface area contributed by atoms with E-state index in [1.54, 1.807) is 0 Å². The summed E-state index contributed by atoms with van der Waals surface area (Å²) in [5, 5.41) is 0. The van der Waals surface area contributed by atoms with Crippen LogP contribution in [0.5, 0.6) is 0 Å². The largest absolute Gasteiger partial charge is 0.545 e. The first-order valence-corrected chi connectivity index (χ1v) is 11.4. The lowest BCUT2D eigenvalue weighted by molar-refractivity contribution is 0.362. The second-order valence-electron chi connectivity index (χ2n) is 7.96. The Hall–Kier alpha value is -1.28. The van der Waals surface area contributed by atoms with Crippen molar-refractivity contribution in [1.29, 1.82) is 0 Å². The van der Waals surface area contributed by atoms with Gasteiger partial charge >= 0.3 is 0 Å². The molecule has 0 atom stereocenters. The molecule has 0 aliphatic heterocycles. The fourth-order valence-corrected chi connectivity index (χ4v) is 9.07. The third-order valence-corrected chi connectivity index (χ3v) is 10.9. The minimum absolute atomic E-state index is 0.586. The third-order valence-electron chi connectivity index (χ3n) is 4.84. The molecule has 0 aromatic heterocycles. The highest BCUT2D eigenvalue weighted by atomic mass is 28.4. The first kappa shape index (κ1) is 20.8. The van der Waals surface area contributed by atoms with Crippen LogP contribution in [0.25, 0.3) is 0 Å². The van der Waals surface area contributed by atoms with Crippen molar-refractivity contribution in [2.24, 2.45) is 0 Å². The summed E-state index contributed by atoms with van der Waals surface area (Å²) in [6, 6.07) is 10.6. The van der Waals surface area contributed by atoms with Gasteiger partial charge in [0.2, 0.25) is 0 Å². The van der Waals surface area contributed by atoms with Crippen molar-refractivity contribution in [2.45, 2.75) is 78.4 Å². The van der Waals surface area contributed by atoms with Gasteiger partial charge in [-0.05, 0) is 42.1 Å². The number of hydrogen-bond acceptors (Lipinski definition) is 1. The molecule has 1 rings (SSSR count). The SMILES string of the molecule is CC(C)=C/C=C(/Cc1ccccc1)O[Si](C(C)C)(C(C)C)C(C)C. The molecule has 1 aromatic carbocycles. The van der Waals surface area contributed by atoms with E-state index < -0.39 is 8.32 Å². The highest BCUT2D eigenvalue weighted by molar-refractivity contribution is 6.77. The molecular weight excluding hydrogens is 308 g/mol. The molecule has 0 unspecified atom stereocenters. The lowest BCUT2D eigenvalue weighted by atomic mass is 10.1. The Labute approximate surface area is 151 Å². The molecule has 0 saturated carbocycles. The molecule has 24 heavy (non-hydrogen) atoms. The minimum atomic E-state index is -1.91. The zero-order valence-electron chi connectivity index (χ0n) is 16.9. The minimum Gasteiger partial charge on any atom is -0.545 e.